The number of aromatic nitrogens is 1. The molecule has 1 aromatic heterocycles. The Hall–Kier alpha value is -3.72. The number of ketones is 1. The first-order chi connectivity index (χ1) is 12.0. The van der Waals surface area contributed by atoms with Crippen LogP contribution in [-0.2, 0) is 0 Å². The molecule has 0 fully saturated rings. The molecule has 0 bridgehead atoms. The van der Waals surface area contributed by atoms with Crippen LogP contribution >= 0.6 is 0 Å². The first kappa shape index (κ1) is 16.1. The van der Waals surface area contributed by atoms with Crippen LogP contribution in [0.5, 0.6) is 0 Å². The number of nitrogens with zero attached hydrogens (tertiary/aromatic N) is 2. The lowest BCUT2D eigenvalue weighted by Crippen LogP contribution is -2.01. The molecule has 6 nitrogen and oxygen atoms in total. The fraction of sp³-hybridized carbons (Fsp3) is 0.0526. The molecule has 0 aliphatic heterocycles. The number of fused-ring (bicyclic) bond motifs is 1. The van der Waals surface area contributed by atoms with Gasteiger partial charge in [-0.05, 0) is 24.6 Å². The van der Waals surface area contributed by atoms with Crippen LogP contribution in [0.2, 0.25) is 0 Å². The summed E-state index contributed by atoms with van der Waals surface area (Å²) in [4.78, 5) is 26.3. The fourth-order valence-electron chi connectivity index (χ4n) is 2.63. The largest absolute Gasteiger partial charge is 0.360 e. The first-order valence-corrected chi connectivity index (χ1v) is 7.49. The number of H-pyrrole nitrogens is 1. The number of nitro benzene ring substituents is 1. The summed E-state index contributed by atoms with van der Waals surface area (Å²) in [6, 6.07) is 13.8. The third-order valence-corrected chi connectivity index (χ3v) is 3.94. The minimum atomic E-state index is -0.486. The van der Waals surface area contributed by atoms with Crippen LogP contribution in [0.3, 0.4) is 0 Å². The highest BCUT2D eigenvalue weighted by atomic mass is 16.6. The third-order valence-electron chi connectivity index (χ3n) is 3.94. The maximum Gasteiger partial charge on any atom is 0.272 e. The lowest BCUT2D eigenvalue weighted by molar-refractivity contribution is -0.385. The van der Waals surface area contributed by atoms with Gasteiger partial charge in [-0.25, -0.2) is 0 Å². The van der Waals surface area contributed by atoms with E-state index in [1.807, 2.05) is 24.3 Å². The third kappa shape index (κ3) is 3.03. The van der Waals surface area contributed by atoms with E-state index in [0.717, 1.165) is 10.9 Å². The number of para-hydroxylation sites is 1. The SMILES string of the molecule is Cc1ccc(/C=C(\C#N)C(=O)c2c[nH]c3ccccc23)cc1[N+](=O)[O-]. The van der Waals surface area contributed by atoms with E-state index in [2.05, 4.69) is 4.98 Å². The summed E-state index contributed by atoms with van der Waals surface area (Å²) >= 11 is 0. The summed E-state index contributed by atoms with van der Waals surface area (Å²) < 4.78 is 0. The molecule has 1 N–H and O–H groups in total. The minimum Gasteiger partial charge on any atom is -0.360 e. The van der Waals surface area contributed by atoms with Crippen molar-refractivity contribution >= 4 is 28.4 Å². The number of aryl methyl sites for hydroxylation is 1. The molecule has 0 radical (unpaired) electrons. The highest BCUT2D eigenvalue weighted by Crippen LogP contribution is 2.24. The minimum absolute atomic E-state index is 0.0504. The fourth-order valence-corrected chi connectivity index (χ4v) is 2.63. The molecule has 0 aliphatic rings. The highest BCUT2D eigenvalue weighted by molar-refractivity contribution is 6.19. The van der Waals surface area contributed by atoms with Gasteiger partial charge in [0.1, 0.15) is 11.6 Å². The van der Waals surface area contributed by atoms with Gasteiger partial charge >= 0.3 is 0 Å². The van der Waals surface area contributed by atoms with Crippen LogP contribution in [-0.4, -0.2) is 15.7 Å². The van der Waals surface area contributed by atoms with Gasteiger partial charge in [0.2, 0.25) is 5.78 Å². The summed E-state index contributed by atoms with van der Waals surface area (Å²) in [5, 5.41) is 21.1. The molecular formula is C19H13N3O3. The van der Waals surface area contributed by atoms with Gasteiger partial charge in [0, 0.05) is 34.3 Å². The molecule has 2 aromatic carbocycles. The van der Waals surface area contributed by atoms with Crippen molar-refractivity contribution in [3.8, 4) is 6.07 Å². The lowest BCUT2D eigenvalue weighted by atomic mass is 10.0. The Bertz CT molecular complexity index is 1070. The standard InChI is InChI=1S/C19H13N3O3/c1-12-6-7-13(9-18(12)22(24)25)8-14(10-20)19(23)16-11-21-17-5-3-2-4-15(16)17/h2-9,11,21H,1H3/b14-8+. The molecule has 6 heteroatoms. The van der Waals surface area contributed by atoms with Gasteiger partial charge < -0.3 is 4.98 Å². The monoisotopic (exact) mass is 331 g/mol. The number of nitriles is 1. The average Bonchev–Trinajstić information content (AvgIpc) is 3.04. The molecule has 122 valence electrons. The summed E-state index contributed by atoms with van der Waals surface area (Å²) in [6.45, 7) is 1.63. The predicted octanol–water partition coefficient (Wildman–Crippen LogP) is 4.17. The molecule has 0 unspecified atom stereocenters. The Balaban J connectivity index is 2.04. The number of Topliss-reactive ketones (excluding diaryl/α,β-unsaturated/α-hetero) is 1. The molecule has 3 aromatic rings. The van der Waals surface area contributed by atoms with E-state index in [9.17, 15) is 20.2 Å². The van der Waals surface area contributed by atoms with E-state index >= 15 is 0 Å². The number of aromatic amines is 1. The van der Waals surface area contributed by atoms with Crippen molar-refractivity contribution in [1.82, 2.24) is 4.98 Å². The zero-order valence-corrected chi connectivity index (χ0v) is 13.3. The second-order valence-electron chi connectivity index (χ2n) is 5.55. The average molecular weight is 331 g/mol. The molecule has 0 amide bonds. The van der Waals surface area contributed by atoms with Crippen LogP contribution in [0.25, 0.3) is 17.0 Å². The van der Waals surface area contributed by atoms with Crippen LogP contribution in [0, 0.1) is 28.4 Å². The smallest absolute Gasteiger partial charge is 0.272 e. The van der Waals surface area contributed by atoms with E-state index < -0.39 is 10.7 Å². The van der Waals surface area contributed by atoms with Gasteiger partial charge in [0.25, 0.3) is 5.69 Å². The second-order valence-corrected chi connectivity index (χ2v) is 5.55. The number of allylic oxidation sites excluding steroid dienone is 1. The highest BCUT2D eigenvalue weighted by Gasteiger charge is 2.17. The summed E-state index contributed by atoms with van der Waals surface area (Å²) in [5.41, 5.74) is 2.01. The molecular weight excluding hydrogens is 318 g/mol. The van der Waals surface area contributed by atoms with E-state index in [1.165, 1.54) is 12.1 Å². The maximum absolute atomic E-state index is 12.7. The van der Waals surface area contributed by atoms with Crippen molar-refractivity contribution < 1.29 is 9.72 Å². The van der Waals surface area contributed by atoms with Gasteiger partial charge in [-0.2, -0.15) is 5.26 Å². The zero-order valence-electron chi connectivity index (χ0n) is 13.3. The van der Waals surface area contributed by atoms with Gasteiger partial charge in [-0.3, -0.25) is 14.9 Å². The van der Waals surface area contributed by atoms with E-state index in [0.29, 0.717) is 16.7 Å². The number of benzene rings is 2. The number of hydrogen-bond donors (Lipinski definition) is 1. The van der Waals surface area contributed by atoms with Crippen LogP contribution in [0.15, 0.2) is 54.2 Å². The van der Waals surface area contributed by atoms with Crippen molar-refractivity contribution in [2.24, 2.45) is 0 Å². The Morgan fingerprint density at radius 3 is 2.76 bits per heavy atom. The normalized spacial score (nSPS) is 11.3. The number of rotatable bonds is 4. The summed E-state index contributed by atoms with van der Waals surface area (Å²) in [6.07, 6.45) is 2.94. The Labute approximate surface area is 143 Å². The molecule has 3 rings (SSSR count). The molecule has 0 spiro atoms. The maximum atomic E-state index is 12.7. The van der Waals surface area contributed by atoms with Crippen molar-refractivity contribution in [3.63, 3.8) is 0 Å². The molecule has 0 aliphatic carbocycles. The Morgan fingerprint density at radius 2 is 2.04 bits per heavy atom. The van der Waals surface area contributed by atoms with E-state index in [1.54, 1.807) is 31.3 Å². The Morgan fingerprint density at radius 1 is 1.28 bits per heavy atom. The zero-order chi connectivity index (χ0) is 18.0. The van der Waals surface area contributed by atoms with E-state index in [-0.39, 0.29) is 11.3 Å². The van der Waals surface area contributed by atoms with Gasteiger partial charge in [-0.15, -0.1) is 0 Å². The number of carbonyl (C=O) groups excluding carboxylic acids is 1. The topological polar surface area (TPSA) is 99.8 Å². The molecule has 0 atom stereocenters. The van der Waals surface area contributed by atoms with Crippen LogP contribution in [0.1, 0.15) is 21.5 Å². The van der Waals surface area contributed by atoms with Gasteiger partial charge in [-0.1, -0.05) is 30.3 Å². The predicted molar refractivity (Wildman–Crippen MR) is 94.1 cm³/mol. The van der Waals surface area contributed by atoms with Crippen LogP contribution < -0.4 is 0 Å². The van der Waals surface area contributed by atoms with Crippen LogP contribution in [0.4, 0.5) is 5.69 Å². The molecule has 0 saturated carbocycles. The lowest BCUT2D eigenvalue weighted by Gasteiger charge is -2.01. The van der Waals surface area contributed by atoms with Crippen molar-refractivity contribution in [2.75, 3.05) is 0 Å². The molecule has 1 heterocycles. The number of nitro groups is 1. The summed E-state index contributed by atoms with van der Waals surface area (Å²) in [5.74, 6) is -0.428. The number of hydrogen-bond acceptors (Lipinski definition) is 4. The van der Waals surface area contributed by atoms with E-state index in [4.69, 9.17) is 0 Å². The van der Waals surface area contributed by atoms with Gasteiger partial charge in [0.15, 0.2) is 0 Å². The number of nitrogens with one attached hydrogen (secondary N) is 1. The Kier molecular flexibility index (Phi) is 4.14. The second kappa shape index (κ2) is 6.42. The van der Waals surface area contributed by atoms with Crippen molar-refractivity contribution in [2.45, 2.75) is 6.92 Å². The quantitative estimate of drug-likeness (QED) is 0.255. The molecule has 0 saturated heterocycles. The number of carbonyl (C=O) groups is 1. The van der Waals surface area contributed by atoms with Crippen molar-refractivity contribution in [1.29, 1.82) is 5.26 Å². The molecule has 25 heavy (non-hydrogen) atoms. The first-order valence-electron chi connectivity index (χ1n) is 7.49. The summed E-state index contributed by atoms with van der Waals surface area (Å²) in [7, 11) is 0. The van der Waals surface area contributed by atoms with Crippen molar-refractivity contribution in [3.05, 3.63) is 81.0 Å². The van der Waals surface area contributed by atoms with Gasteiger partial charge in [0.05, 0.1) is 4.92 Å².